The van der Waals surface area contributed by atoms with Crippen LogP contribution < -0.4 is 5.32 Å². The fourth-order valence-corrected chi connectivity index (χ4v) is 11.0. The van der Waals surface area contributed by atoms with Gasteiger partial charge in [-0.05, 0) is 107 Å². The van der Waals surface area contributed by atoms with Crippen LogP contribution in [0.2, 0.25) is 0 Å². The Labute approximate surface area is 400 Å². The van der Waals surface area contributed by atoms with Gasteiger partial charge in [0.05, 0.1) is 27.5 Å². The number of rotatable bonds is 5. The number of hydrogen-bond donors (Lipinski definition) is 1. The second-order valence-corrected chi connectivity index (χ2v) is 18.1. The van der Waals surface area contributed by atoms with E-state index in [2.05, 4.69) is 203 Å². The molecule has 0 spiro atoms. The SMILES string of the molecule is c1ccc(C2=NC(c3ccccc3)NC(n3c4ccc(-c5ccc6oc7cccc(-c8ccc9c(c8)c8ccccc8n9-c8ccccc8)c7c6c5)cc4c4c5oc6ccccc6c5ccc43)=N2)cc1. The lowest BCUT2D eigenvalue weighted by atomic mass is 9.96. The zero-order valence-corrected chi connectivity index (χ0v) is 37.5. The number of fused-ring (bicyclic) bond motifs is 13. The third-order valence-electron chi connectivity index (χ3n) is 14.2. The normalized spacial score (nSPS) is 14.1. The van der Waals surface area contributed by atoms with Gasteiger partial charge >= 0.3 is 0 Å². The molecule has 0 aliphatic carbocycles. The van der Waals surface area contributed by atoms with Crippen molar-refractivity contribution in [1.82, 2.24) is 14.5 Å². The first-order chi connectivity index (χ1) is 34.7. The molecule has 1 unspecified atom stereocenters. The third kappa shape index (κ3) is 5.82. The highest BCUT2D eigenvalue weighted by molar-refractivity contribution is 6.27. The summed E-state index contributed by atoms with van der Waals surface area (Å²) in [5, 5.41) is 12.6. The van der Waals surface area contributed by atoms with Gasteiger partial charge < -0.3 is 18.7 Å². The Kier molecular flexibility index (Phi) is 8.29. The van der Waals surface area contributed by atoms with Crippen molar-refractivity contribution < 1.29 is 8.83 Å². The van der Waals surface area contributed by atoms with Crippen molar-refractivity contribution in [2.24, 2.45) is 9.98 Å². The van der Waals surface area contributed by atoms with E-state index in [0.29, 0.717) is 11.8 Å². The van der Waals surface area contributed by atoms with E-state index in [0.717, 1.165) is 105 Å². The molecule has 0 radical (unpaired) electrons. The van der Waals surface area contributed by atoms with Crippen LogP contribution in [0.4, 0.5) is 0 Å². The van der Waals surface area contributed by atoms with Crippen LogP contribution in [0.15, 0.2) is 243 Å². The molecule has 0 bridgehead atoms. The Hall–Kier alpha value is -9.46. The minimum atomic E-state index is -0.358. The first kappa shape index (κ1) is 38.6. The number of amidine groups is 1. The standard InChI is InChI=1S/C63H39N5O2/c1-4-15-38(16-5-1)61-64-62(39-17-6-2-7-18-39)66-63(65-61)68-53-31-27-40(35-49(53)59-54(68)33-30-47-46-22-11-13-25-55(46)70-60(47)59)41-29-34-56-50(36-41)58-44(23-14-26-57(58)69-56)42-28-32-52-48(37-42)45-21-10-12-24-51(45)67(52)43-19-8-3-9-20-43/h1-37,61H,(H,64,65,66). The highest BCUT2D eigenvalue weighted by Gasteiger charge is 2.26. The molecule has 1 N–H and O–H groups in total. The fourth-order valence-electron chi connectivity index (χ4n) is 11.0. The average molecular weight is 898 g/mol. The quantitative estimate of drug-likeness (QED) is 0.187. The second-order valence-electron chi connectivity index (χ2n) is 18.1. The van der Waals surface area contributed by atoms with Crippen molar-refractivity contribution >= 4 is 99.3 Å². The van der Waals surface area contributed by atoms with Crippen molar-refractivity contribution in [3.05, 3.63) is 236 Å². The average Bonchev–Trinajstić information content (AvgIpc) is 4.18. The van der Waals surface area contributed by atoms with Crippen molar-refractivity contribution in [3.63, 3.8) is 0 Å². The molecule has 1 atom stereocenters. The summed E-state index contributed by atoms with van der Waals surface area (Å²) in [6.07, 6.45) is -0.358. The maximum absolute atomic E-state index is 6.81. The molecular weight excluding hydrogens is 859 g/mol. The maximum Gasteiger partial charge on any atom is 0.211 e. The largest absolute Gasteiger partial charge is 0.456 e. The summed E-state index contributed by atoms with van der Waals surface area (Å²) in [4.78, 5) is 10.4. The van der Waals surface area contributed by atoms with E-state index < -0.39 is 0 Å². The number of aliphatic imine (C=N–C) groups is 2. The van der Waals surface area contributed by atoms with E-state index in [1.165, 1.54) is 21.8 Å². The molecule has 0 saturated heterocycles. The van der Waals surface area contributed by atoms with Crippen LogP contribution in [0.1, 0.15) is 17.3 Å². The molecule has 15 rings (SSSR count). The molecule has 7 heteroatoms. The number of benzene rings is 10. The zero-order chi connectivity index (χ0) is 45.9. The molecule has 7 nitrogen and oxygen atoms in total. The number of aromatic nitrogens is 2. The Morgan fingerprint density at radius 3 is 1.86 bits per heavy atom. The smallest absolute Gasteiger partial charge is 0.211 e. The Balaban J connectivity index is 0.920. The highest BCUT2D eigenvalue weighted by Crippen LogP contribution is 2.44. The van der Waals surface area contributed by atoms with E-state index in [-0.39, 0.29) is 6.17 Å². The summed E-state index contributed by atoms with van der Waals surface area (Å²) < 4.78 is 18.0. The van der Waals surface area contributed by atoms with Gasteiger partial charge in [-0.25, -0.2) is 4.99 Å². The van der Waals surface area contributed by atoms with Crippen molar-refractivity contribution in [2.75, 3.05) is 0 Å². The molecule has 10 aromatic carbocycles. The van der Waals surface area contributed by atoms with Gasteiger partial charge in [0.2, 0.25) is 5.96 Å². The topological polar surface area (TPSA) is 72.9 Å². The molecule has 0 amide bonds. The van der Waals surface area contributed by atoms with Crippen LogP contribution in [-0.2, 0) is 0 Å². The fraction of sp³-hybridized carbons (Fsp3) is 0.0159. The molecule has 1 aliphatic rings. The van der Waals surface area contributed by atoms with Crippen LogP contribution in [0.25, 0.3) is 115 Å². The monoisotopic (exact) mass is 897 g/mol. The summed E-state index contributed by atoms with van der Waals surface area (Å²) in [5.74, 6) is 1.35. The molecule has 328 valence electrons. The lowest BCUT2D eigenvalue weighted by molar-refractivity contribution is 0.661. The number of para-hydroxylation sites is 3. The number of nitrogens with one attached hydrogen (secondary N) is 1. The van der Waals surface area contributed by atoms with Gasteiger partial charge in [-0.1, -0.05) is 146 Å². The Morgan fingerprint density at radius 2 is 1.01 bits per heavy atom. The minimum Gasteiger partial charge on any atom is -0.456 e. The number of nitrogens with zero attached hydrogens (tertiary/aromatic N) is 4. The third-order valence-corrected chi connectivity index (χ3v) is 14.2. The van der Waals surface area contributed by atoms with Crippen LogP contribution >= 0.6 is 0 Å². The van der Waals surface area contributed by atoms with Crippen molar-refractivity contribution in [1.29, 1.82) is 0 Å². The highest BCUT2D eigenvalue weighted by atomic mass is 16.3. The lowest BCUT2D eigenvalue weighted by Gasteiger charge is -2.24. The summed E-state index contributed by atoms with van der Waals surface area (Å²) >= 11 is 0. The predicted molar refractivity (Wildman–Crippen MR) is 287 cm³/mol. The van der Waals surface area contributed by atoms with Gasteiger partial charge in [0.15, 0.2) is 5.84 Å². The van der Waals surface area contributed by atoms with Gasteiger partial charge in [0.25, 0.3) is 0 Å². The summed E-state index contributed by atoms with van der Waals surface area (Å²) in [6.45, 7) is 0. The van der Waals surface area contributed by atoms with Crippen LogP contribution in [-0.4, -0.2) is 20.9 Å². The Bertz CT molecular complexity index is 4500. The molecule has 0 fully saturated rings. The van der Waals surface area contributed by atoms with Gasteiger partial charge in [-0.2, -0.15) is 4.99 Å². The molecule has 70 heavy (non-hydrogen) atoms. The summed E-state index contributed by atoms with van der Waals surface area (Å²) in [7, 11) is 0. The maximum atomic E-state index is 6.81. The molecule has 1 aliphatic heterocycles. The molecular formula is C63H39N5O2. The van der Waals surface area contributed by atoms with Gasteiger partial charge in [-0.15, -0.1) is 0 Å². The lowest BCUT2D eigenvalue weighted by Crippen LogP contribution is -2.37. The van der Waals surface area contributed by atoms with Crippen LogP contribution in [0.5, 0.6) is 0 Å². The zero-order valence-electron chi connectivity index (χ0n) is 37.5. The van der Waals surface area contributed by atoms with Crippen LogP contribution in [0.3, 0.4) is 0 Å². The molecule has 5 heterocycles. The van der Waals surface area contributed by atoms with Crippen molar-refractivity contribution in [2.45, 2.75) is 6.17 Å². The second kappa shape index (κ2) is 15.0. The van der Waals surface area contributed by atoms with E-state index >= 15 is 0 Å². The molecule has 14 aromatic rings. The summed E-state index contributed by atoms with van der Waals surface area (Å²) in [5.41, 5.74) is 15.3. The summed E-state index contributed by atoms with van der Waals surface area (Å²) in [6, 6.07) is 79.1. The van der Waals surface area contributed by atoms with Gasteiger partial charge in [0, 0.05) is 49.0 Å². The van der Waals surface area contributed by atoms with E-state index in [1.807, 2.05) is 36.4 Å². The minimum absolute atomic E-state index is 0.358. The van der Waals surface area contributed by atoms with Crippen molar-refractivity contribution in [3.8, 4) is 27.9 Å². The van der Waals surface area contributed by atoms with E-state index in [9.17, 15) is 0 Å². The molecule has 4 aromatic heterocycles. The van der Waals surface area contributed by atoms with Gasteiger partial charge in [-0.3, -0.25) is 4.57 Å². The predicted octanol–water partition coefficient (Wildman–Crippen LogP) is 16.0. The number of hydrogen-bond acceptors (Lipinski definition) is 5. The number of furan rings is 2. The first-order valence-corrected chi connectivity index (χ1v) is 23.7. The van der Waals surface area contributed by atoms with Gasteiger partial charge in [0.1, 0.15) is 28.5 Å². The Morgan fingerprint density at radius 1 is 0.386 bits per heavy atom. The van der Waals surface area contributed by atoms with E-state index in [1.54, 1.807) is 0 Å². The van der Waals surface area contributed by atoms with Crippen LogP contribution in [0, 0.1) is 0 Å². The first-order valence-electron chi connectivity index (χ1n) is 23.7. The molecule has 0 saturated carbocycles. The van der Waals surface area contributed by atoms with E-state index in [4.69, 9.17) is 18.8 Å².